The van der Waals surface area contributed by atoms with E-state index < -0.39 is 0 Å². The number of benzene rings is 1. The highest BCUT2D eigenvalue weighted by atomic mass is 14.8. The van der Waals surface area contributed by atoms with E-state index in [0.29, 0.717) is 5.92 Å². The van der Waals surface area contributed by atoms with Crippen molar-refractivity contribution >= 4 is 0 Å². The average molecular weight is 189 g/mol. The van der Waals surface area contributed by atoms with Gasteiger partial charge >= 0.3 is 0 Å². The van der Waals surface area contributed by atoms with Crippen LogP contribution in [0.2, 0.25) is 0 Å². The molecule has 0 aliphatic heterocycles. The van der Waals surface area contributed by atoms with E-state index in [-0.39, 0.29) is 5.54 Å². The summed E-state index contributed by atoms with van der Waals surface area (Å²) >= 11 is 0. The summed E-state index contributed by atoms with van der Waals surface area (Å²) in [5.41, 5.74) is 7.88. The highest BCUT2D eigenvalue weighted by molar-refractivity contribution is 5.23. The van der Waals surface area contributed by atoms with Crippen molar-refractivity contribution in [2.75, 3.05) is 0 Å². The van der Waals surface area contributed by atoms with Crippen LogP contribution in [0.15, 0.2) is 30.3 Å². The van der Waals surface area contributed by atoms with E-state index in [1.54, 1.807) is 0 Å². The molecular weight excluding hydrogens is 170 g/mol. The van der Waals surface area contributed by atoms with Crippen molar-refractivity contribution in [3.05, 3.63) is 35.9 Å². The van der Waals surface area contributed by atoms with Gasteiger partial charge in [-0.25, -0.2) is 0 Å². The van der Waals surface area contributed by atoms with Crippen molar-refractivity contribution in [2.45, 2.75) is 44.1 Å². The first-order valence-electron chi connectivity index (χ1n) is 5.56. The molecular formula is C13H19N. The minimum absolute atomic E-state index is 0.0569. The van der Waals surface area contributed by atoms with Crippen molar-refractivity contribution < 1.29 is 0 Å². The molecule has 1 saturated carbocycles. The second kappa shape index (κ2) is 3.74. The van der Waals surface area contributed by atoms with Gasteiger partial charge in [-0.05, 0) is 24.3 Å². The van der Waals surface area contributed by atoms with Crippen LogP contribution in [0, 0.1) is 0 Å². The third-order valence-corrected chi connectivity index (χ3v) is 3.70. The fourth-order valence-corrected chi connectivity index (χ4v) is 2.54. The zero-order valence-corrected chi connectivity index (χ0v) is 8.87. The molecule has 76 valence electrons. The lowest BCUT2D eigenvalue weighted by atomic mass is 9.80. The Bertz CT molecular complexity index is 285. The van der Waals surface area contributed by atoms with Crippen LogP contribution in [0.1, 0.15) is 44.1 Å². The van der Waals surface area contributed by atoms with Crippen LogP contribution in [0.25, 0.3) is 0 Å². The van der Waals surface area contributed by atoms with Crippen LogP contribution in [-0.4, -0.2) is 5.54 Å². The summed E-state index contributed by atoms with van der Waals surface area (Å²) in [6.45, 7) is 2.26. The lowest BCUT2D eigenvalue weighted by molar-refractivity contribution is 0.370. The molecule has 1 aliphatic rings. The molecule has 14 heavy (non-hydrogen) atoms. The zero-order chi connectivity index (χ0) is 10.0. The molecule has 1 fully saturated rings. The molecule has 0 spiro atoms. The number of nitrogens with two attached hydrogens (primary N) is 1. The SMILES string of the molecule is CC(c1ccccc1)C1(N)CCCC1. The van der Waals surface area contributed by atoms with Gasteiger partial charge in [-0.2, -0.15) is 0 Å². The van der Waals surface area contributed by atoms with E-state index >= 15 is 0 Å². The Labute approximate surface area is 86.3 Å². The summed E-state index contributed by atoms with van der Waals surface area (Å²) in [5, 5.41) is 0. The molecule has 1 aliphatic carbocycles. The smallest absolute Gasteiger partial charge is 0.0221 e. The molecule has 0 aromatic heterocycles. The predicted molar refractivity (Wildman–Crippen MR) is 60.2 cm³/mol. The third kappa shape index (κ3) is 1.69. The molecule has 0 saturated heterocycles. The molecule has 1 unspecified atom stereocenters. The molecule has 1 heteroatoms. The van der Waals surface area contributed by atoms with Gasteiger partial charge in [0.05, 0.1) is 0 Å². The Hall–Kier alpha value is -0.820. The van der Waals surface area contributed by atoms with Crippen LogP contribution in [0.4, 0.5) is 0 Å². The predicted octanol–water partition coefficient (Wildman–Crippen LogP) is 3.06. The Balaban J connectivity index is 2.19. The minimum Gasteiger partial charge on any atom is -0.325 e. The van der Waals surface area contributed by atoms with Gasteiger partial charge in [0.15, 0.2) is 0 Å². The van der Waals surface area contributed by atoms with E-state index in [9.17, 15) is 0 Å². The van der Waals surface area contributed by atoms with Crippen molar-refractivity contribution in [1.82, 2.24) is 0 Å². The van der Waals surface area contributed by atoms with E-state index in [4.69, 9.17) is 5.73 Å². The van der Waals surface area contributed by atoms with Gasteiger partial charge in [-0.1, -0.05) is 50.1 Å². The van der Waals surface area contributed by atoms with Gasteiger partial charge in [0, 0.05) is 5.54 Å². The second-order valence-corrected chi connectivity index (χ2v) is 4.57. The first-order valence-corrected chi connectivity index (χ1v) is 5.56. The van der Waals surface area contributed by atoms with Crippen LogP contribution < -0.4 is 5.73 Å². The zero-order valence-electron chi connectivity index (χ0n) is 8.87. The summed E-state index contributed by atoms with van der Waals surface area (Å²) < 4.78 is 0. The molecule has 1 aromatic carbocycles. The van der Waals surface area contributed by atoms with Crippen molar-refractivity contribution in [2.24, 2.45) is 5.73 Å². The molecule has 1 atom stereocenters. The van der Waals surface area contributed by atoms with Crippen molar-refractivity contribution in [3.63, 3.8) is 0 Å². The van der Waals surface area contributed by atoms with E-state index in [0.717, 1.165) is 0 Å². The summed E-state index contributed by atoms with van der Waals surface area (Å²) in [6, 6.07) is 10.7. The number of hydrogen-bond donors (Lipinski definition) is 1. The van der Waals surface area contributed by atoms with E-state index in [1.165, 1.54) is 31.2 Å². The fraction of sp³-hybridized carbons (Fsp3) is 0.538. The molecule has 1 nitrogen and oxygen atoms in total. The summed E-state index contributed by atoms with van der Waals surface area (Å²) in [5.74, 6) is 0.492. The molecule has 0 radical (unpaired) electrons. The second-order valence-electron chi connectivity index (χ2n) is 4.57. The average Bonchev–Trinajstić information content (AvgIpc) is 2.67. The van der Waals surface area contributed by atoms with E-state index in [2.05, 4.69) is 37.3 Å². The maximum Gasteiger partial charge on any atom is 0.0221 e. The first-order chi connectivity index (χ1) is 6.72. The van der Waals surface area contributed by atoms with Crippen LogP contribution >= 0.6 is 0 Å². The largest absolute Gasteiger partial charge is 0.325 e. The molecule has 2 rings (SSSR count). The Morgan fingerprint density at radius 3 is 2.29 bits per heavy atom. The normalized spacial score (nSPS) is 22.1. The van der Waals surface area contributed by atoms with Gasteiger partial charge in [-0.3, -0.25) is 0 Å². The number of hydrogen-bond acceptors (Lipinski definition) is 1. The standard InChI is InChI=1S/C13H19N/c1-11(12-7-3-2-4-8-12)13(14)9-5-6-10-13/h2-4,7-8,11H,5-6,9-10,14H2,1H3. The Morgan fingerprint density at radius 2 is 1.71 bits per heavy atom. The monoisotopic (exact) mass is 189 g/mol. The topological polar surface area (TPSA) is 26.0 Å². The summed E-state index contributed by atoms with van der Waals surface area (Å²) in [6.07, 6.45) is 4.97. The van der Waals surface area contributed by atoms with Crippen molar-refractivity contribution in [3.8, 4) is 0 Å². The maximum absolute atomic E-state index is 6.43. The van der Waals surface area contributed by atoms with Gasteiger partial charge in [0.1, 0.15) is 0 Å². The van der Waals surface area contributed by atoms with Crippen LogP contribution in [0.5, 0.6) is 0 Å². The molecule has 0 heterocycles. The third-order valence-electron chi connectivity index (χ3n) is 3.70. The summed E-state index contributed by atoms with van der Waals surface area (Å²) in [4.78, 5) is 0. The molecule has 2 N–H and O–H groups in total. The molecule has 0 amide bonds. The lowest BCUT2D eigenvalue weighted by Gasteiger charge is -2.31. The van der Waals surface area contributed by atoms with Gasteiger partial charge in [0.2, 0.25) is 0 Å². The van der Waals surface area contributed by atoms with Crippen LogP contribution in [0.3, 0.4) is 0 Å². The molecule has 1 aromatic rings. The highest BCUT2D eigenvalue weighted by Gasteiger charge is 2.35. The summed E-state index contributed by atoms with van der Waals surface area (Å²) in [7, 11) is 0. The fourth-order valence-electron chi connectivity index (χ4n) is 2.54. The molecule has 0 bridgehead atoms. The number of rotatable bonds is 2. The van der Waals surface area contributed by atoms with Crippen LogP contribution in [-0.2, 0) is 0 Å². The maximum atomic E-state index is 6.43. The quantitative estimate of drug-likeness (QED) is 0.760. The first kappa shape index (κ1) is 9.72. The van der Waals surface area contributed by atoms with Crippen molar-refractivity contribution in [1.29, 1.82) is 0 Å². The minimum atomic E-state index is 0.0569. The Morgan fingerprint density at radius 1 is 1.14 bits per heavy atom. The lowest BCUT2D eigenvalue weighted by Crippen LogP contribution is -2.41. The van der Waals surface area contributed by atoms with Gasteiger partial charge in [0.25, 0.3) is 0 Å². The van der Waals surface area contributed by atoms with Gasteiger partial charge in [-0.15, -0.1) is 0 Å². The highest BCUT2D eigenvalue weighted by Crippen LogP contribution is 2.38. The van der Waals surface area contributed by atoms with Gasteiger partial charge < -0.3 is 5.73 Å². The van der Waals surface area contributed by atoms with E-state index in [1.807, 2.05) is 0 Å². The Kier molecular flexibility index (Phi) is 2.60.